The topological polar surface area (TPSA) is 153 Å². The van der Waals surface area contributed by atoms with E-state index in [0.717, 1.165) is 11.3 Å². The molecule has 0 fully saturated rings. The number of fused-ring (bicyclic) bond motifs is 1. The minimum absolute atomic E-state index is 0.124. The van der Waals surface area contributed by atoms with E-state index >= 15 is 0 Å². The van der Waals surface area contributed by atoms with Crippen LogP contribution in [0, 0.1) is 13.8 Å². The standard InChI is InChI=1S/C26H26N10O/c1-4-19(29-23-18(16(3)28-26(27)31-23)13-14-21-32-34-35-33-21)24-30-20-12-8-9-15(2)22(20)25(37)36(24)17-10-6-5-7-11-17/h5-14,19H,4H2,1-3H3,(H3,27,28,29,31)(H,32,33,34,35)/b14-13+. The van der Waals surface area contributed by atoms with E-state index in [1.807, 2.05) is 75.4 Å². The van der Waals surface area contributed by atoms with Crippen molar-refractivity contribution in [2.24, 2.45) is 0 Å². The monoisotopic (exact) mass is 494 g/mol. The van der Waals surface area contributed by atoms with Crippen LogP contribution in [-0.2, 0) is 0 Å². The van der Waals surface area contributed by atoms with E-state index in [2.05, 4.69) is 35.9 Å². The average Bonchev–Trinajstić information content (AvgIpc) is 3.40. The second kappa shape index (κ2) is 9.97. The highest BCUT2D eigenvalue weighted by molar-refractivity contribution is 5.81. The molecule has 5 aromatic rings. The number of aryl methyl sites for hydroxylation is 2. The first-order chi connectivity index (χ1) is 18.0. The Kier molecular flexibility index (Phi) is 6.42. The Morgan fingerprint density at radius 2 is 1.86 bits per heavy atom. The predicted molar refractivity (Wildman–Crippen MR) is 143 cm³/mol. The number of nitrogens with one attached hydrogen (secondary N) is 2. The molecule has 0 bridgehead atoms. The fraction of sp³-hybridized carbons (Fsp3) is 0.192. The van der Waals surface area contributed by atoms with Crippen LogP contribution in [0.4, 0.5) is 11.8 Å². The number of hydrogen-bond acceptors (Lipinski definition) is 9. The molecule has 2 aromatic carbocycles. The number of H-pyrrole nitrogens is 1. The first-order valence-corrected chi connectivity index (χ1v) is 11.9. The minimum Gasteiger partial charge on any atom is -0.368 e. The predicted octanol–water partition coefficient (Wildman–Crippen LogP) is 3.62. The number of para-hydroxylation sites is 1. The number of tetrazole rings is 1. The van der Waals surface area contributed by atoms with Crippen LogP contribution >= 0.6 is 0 Å². The van der Waals surface area contributed by atoms with E-state index in [0.29, 0.717) is 46.0 Å². The van der Waals surface area contributed by atoms with Crippen LogP contribution < -0.4 is 16.6 Å². The summed E-state index contributed by atoms with van der Waals surface area (Å²) in [6.07, 6.45) is 4.16. The lowest BCUT2D eigenvalue weighted by atomic mass is 10.1. The Bertz CT molecular complexity index is 1640. The number of nitrogen functional groups attached to an aromatic ring is 1. The molecule has 11 heteroatoms. The highest BCUT2D eigenvalue weighted by atomic mass is 16.1. The summed E-state index contributed by atoms with van der Waals surface area (Å²) in [6, 6.07) is 14.8. The van der Waals surface area contributed by atoms with Gasteiger partial charge in [-0.05, 0) is 66.6 Å². The molecule has 3 heterocycles. The largest absolute Gasteiger partial charge is 0.368 e. The van der Waals surface area contributed by atoms with Crippen LogP contribution in [0.15, 0.2) is 53.3 Å². The van der Waals surface area contributed by atoms with E-state index in [-0.39, 0.29) is 17.5 Å². The van der Waals surface area contributed by atoms with Gasteiger partial charge in [0, 0.05) is 5.56 Å². The van der Waals surface area contributed by atoms with Crippen LogP contribution in [0.25, 0.3) is 28.7 Å². The molecule has 0 aliphatic carbocycles. The summed E-state index contributed by atoms with van der Waals surface area (Å²) in [5.41, 5.74) is 9.54. The lowest BCUT2D eigenvalue weighted by Crippen LogP contribution is -2.29. The van der Waals surface area contributed by atoms with Gasteiger partial charge in [0.05, 0.1) is 28.3 Å². The zero-order valence-electron chi connectivity index (χ0n) is 20.7. The van der Waals surface area contributed by atoms with E-state index in [4.69, 9.17) is 10.7 Å². The molecule has 37 heavy (non-hydrogen) atoms. The summed E-state index contributed by atoms with van der Waals surface area (Å²) in [4.78, 5) is 27.6. The zero-order chi connectivity index (χ0) is 25.9. The fourth-order valence-corrected chi connectivity index (χ4v) is 4.30. The van der Waals surface area contributed by atoms with Gasteiger partial charge in [0.25, 0.3) is 5.56 Å². The van der Waals surface area contributed by atoms with Crippen LogP contribution in [0.1, 0.15) is 47.9 Å². The molecule has 0 saturated carbocycles. The molecule has 0 radical (unpaired) electrons. The van der Waals surface area contributed by atoms with Gasteiger partial charge in [0.15, 0.2) is 5.82 Å². The fourth-order valence-electron chi connectivity index (χ4n) is 4.30. The highest BCUT2D eigenvalue weighted by Gasteiger charge is 2.22. The number of aromatic nitrogens is 8. The molecule has 4 N–H and O–H groups in total. The van der Waals surface area contributed by atoms with Gasteiger partial charge in [0.2, 0.25) is 5.95 Å². The van der Waals surface area contributed by atoms with Crippen LogP contribution in [0.3, 0.4) is 0 Å². The van der Waals surface area contributed by atoms with Crippen molar-refractivity contribution in [1.29, 1.82) is 0 Å². The van der Waals surface area contributed by atoms with Crippen molar-refractivity contribution in [3.05, 3.63) is 87.4 Å². The van der Waals surface area contributed by atoms with Gasteiger partial charge >= 0.3 is 0 Å². The third-order valence-corrected chi connectivity index (χ3v) is 6.10. The van der Waals surface area contributed by atoms with Crippen LogP contribution in [0.5, 0.6) is 0 Å². The molecular formula is C26H26N10O. The third-order valence-electron chi connectivity index (χ3n) is 6.10. The summed E-state index contributed by atoms with van der Waals surface area (Å²) in [6.45, 7) is 5.79. The van der Waals surface area contributed by atoms with E-state index in [9.17, 15) is 4.79 Å². The quantitative estimate of drug-likeness (QED) is 0.308. The normalized spacial score (nSPS) is 12.3. The zero-order valence-corrected chi connectivity index (χ0v) is 20.7. The number of aromatic amines is 1. The maximum absolute atomic E-state index is 13.9. The molecule has 11 nitrogen and oxygen atoms in total. The van der Waals surface area contributed by atoms with Gasteiger partial charge in [0.1, 0.15) is 11.6 Å². The first kappa shape index (κ1) is 23.8. The Balaban J connectivity index is 1.67. The lowest BCUT2D eigenvalue weighted by Gasteiger charge is -2.23. The molecule has 0 spiro atoms. The van der Waals surface area contributed by atoms with Gasteiger partial charge < -0.3 is 11.1 Å². The van der Waals surface area contributed by atoms with Crippen LogP contribution in [-0.4, -0.2) is 40.1 Å². The molecule has 0 aliphatic heterocycles. The number of nitrogens with two attached hydrogens (primary N) is 1. The number of nitrogens with zero attached hydrogens (tertiary/aromatic N) is 7. The van der Waals surface area contributed by atoms with E-state index in [1.54, 1.807) is 10.6 Å². The molecule has 1 atom stereocenters. The first-order valence-electron chi connectivity index (χ1n) is 11.9. The number of hydrogen-bond donors (Lipinski definition) is 3. The summed E-state index contributed by atoms with van der Waals surface area (Å²) in [7, 11) is 0. The maximum Gasteiger partial charge on any atom is 0.266 e. The van der Waals surface area contributed by atoms with E-state index < -0.39 is 0 Å². The molecule has 186 valence electrons. The van der Waals surface area contributed by atoms with E-state index in [1.165, 1.54) is 0 Å². The maximum atomic E-state index is 13.9. The van der Waals surface area contributed by atoms with Crippen LogP contribution in [0.2, 0.25) is 0 Å². The van der Waals surface area contributed by atoms with Gasteiger partial charge in [-0.25, -0.2) is 15.1 Å². The second-order valence-electron chi connectivity index (χ2n) is 8.57. The molecule has 0 saturated heterocycles. The highest BCUT2D eigenvalue weighted by Crippen LogP contribution is 2.28. The van der Waals surface area contributed by atoms with Crippen molar-refractivity contribution in [3.8, 4) is 5.69 Å². The minimum atomic E-state index is -0.370. The number of benzene rings is 2. The molecule has 5 rings (SSSR count). The molecular weight excluding hydrogens is 468 g/mol. The van der Waals surface area contributed by atoms with Crippen molar-refractivity contribution >= 4 is 34.8 Å². The van der Waals surface area contributed by atoms with Gasteiger partial charge in [-0.2, -0.15) is 4.98 Å². The molecule has 0 aliphatic rings. The molecule has 0 amide bonds. The Morgan fingerprint density at radius 3 is 2.59 bits per heavy atom. The second-order valence-corrected chi connectivity index (χ2v) is 8.57. The van der Waals surface area contributed by atoms with Crippen molar-refractivity contribution in [2.75, 3.05) is 11.1 Å². The average molecular weight is 495 g/mol. The smallest absolute Gasteiger partial charge is 0.266 e. The van der Waals surface area contributed by atoms with Crippen molar-refractivity contribution in [3.63, 3.8) is 0 Å². The Labute approximate surface area is 212 Å². The number of rotatable bonds is 7. The van der Waals surface area contributed by atoms with Gasteiger partial charge in [-0.1, -0.05) is 37.3 Å². The van der Waals surface area contributed by atoms with Gasteiger partial charge in [-0.3, -0.25) is 9.36 Å². The summed E-state index contributed by atoms with van der Waals surface area (Å²) >= 11 is 0. The number of anilines is 2. The Morgan fingerprint density at radius 1 is 1.05 bits per heavy atom. The molecule has 1 unspecified atom stereocenters. The van der Waals surface area contributed by atoms with Gasteiger partial charge in [-0.15, -0.1) is 5.10 Å². The van der Waals surface area contributed by atoms with Crippen molar-refractivity contribution in [1.82, 2.24) is 40.1 Å². The van der Waals surface area contributed by atoms with Crippen molar-refractivity contribution < 1.29 is 0 Å². The summed E-state index contributed by atoms with van der Waals surface area (Å²) in [5, 5.41) is 17.8. The molecule has 3 aromatic heterocycles. The lowest BCUT2D eigenvalue weighted by molar-refractivity contribution is 0.658. The SMILES string of the molecule is CCC(Nc1nc(N)nc(C)c1/C=C/c1nnn[nH]1)c1nc2cccc(C)c2c(=O)n1-c1ccccc1. The van der Waals surface area contributed by atoms with Crippen molar-refractivity contribution in [2.45, 2.75) is 33.2 Å². The summed E-state index contributed by atoms with van der Waals surface area (Å²) < 4.78 is 1.67. The Hall–Kier alpha value is -4.93. The third kappa shape index (κ3) is 4.66. The summed E-state index contributed by atoms with van der Waals surface area (Å²) in [5.74, 6) is 1.70.